The molecule has 0 aliphatic rings. The van der Waals surface area contributed by atoms with Crippen LogP contribution in [0.5, 0.6) is 0 Å². The number of amides is 1. The van der Waals surface area contributed by atoms with Gasteiger partial charge in [-0.25, -0.2) is 18.6 Å². The van der Waals surface area contributed by atoms with Crippen molar-refractivity contribution in [3.63, 3.8) is 0 Å². The molecule has 10 heteroatoms. The number of nitrogens with one attached hydrogen (secondary N) is 1. The summed E-state index contributed by atoms with van der Waals surface area (Å²) in [5, 5.41) is 11.0. The van der Waals surface area contributed by atoms with Crippen molar-refractivity contribution in [2.45, 2.75) is 6.92 Å². The van der Waals surface area contributed by atoms with E-state index in [1.807, 2.05) is 0 Å². The second-order valence-electron chi connectivity index (χ2n) is 5.48. The molecule has 0 aliphatic carbocycles. The van der Waals surface area contributed by atoms with E-state index in [0.29, 0.717) is 0 Å². The molecule has 1 amide bonds. The summed E-state index contributed by atoms with van der Waals surface area (Å²) < 4.78 is 29.3. The van der Waals surface area contributed by atoms with E-state index >= 15 is 0 Å². The van der Waals surface area contributed by atoms with E-state index in [4.69, 9.17) is 23.2 Å². The number of carboxylic acid groups (broad SMARTS) is 1. The van der Waals surface area contributed by atoms with Crippen molar-refractivity contribution in [3.05, 3.63) is 39.5 Å². The molecule has 0 spiro atoms. The van der Waals surface area contributed by atoms with Gasteiger partial charge in [-0.3, -0.25) is 4.79 Å². The number of nitrogens with zero attached hydrogens (tertiary/aromatic N) is 2. The van der Waals surface area contributed by atoms with Gasteiger partial charge in [0, 0.05) is 21.0 Å². The van der Waals surface area contributed by atoms with Crippen LogP contribution in [0.4, 0.5) is 20.2 Å². The summed E-state index contributed by atoms with van der Waals surface area (Å²) in [4.78, 5) is 27.7. The molecule has 2 N–H and O–H groups in total. The molecule has 138 valence electrons. The molecule has 0 saturated carbocycles. The van der Waals surface area contributed by atoms with Gasteiger partial charge in [0.1, 0.15) is 5.82 Å². The Morgan fingerprint density at radius 2 is 1.85 bits per heavy atom. The summed E-state index contributed by atoms with van der Waals surface area (Å²) in [5.41, 5.74) is -1.85. The highest BCUT2D eigenvalue weighted by molar-refractivity contribution is 6.36. The molecule has 0 unspecified atom stereocenters. The SMILES string of the molecule is CC(=O)Nc1cc(-c2c(F)cc(Cl)c(N(C)C)c2F)nc(C(=O)O)c1Cl. The van der Waals surface area contributed by atoms with E-state index in [9.17, 15) is 23.5 Å². The molecule has 1 heterocycles. The van der Waals surface area contributed by atoms with Crippen LogP contribution in [0.1, 0.15) is 17.4 Å². The summed E-state index contributed by atoms with van der Waals surface area (Å²) in [5.74, 6) is -4.14. The van der Waals surface area contributed by atoms with Gasteiger partial charge >= 0.3 is 5.97 Å². The molecule has 1 aromatic heterocycles. The third-order valence-corrected chi connectivity index (χ3v) is 3.99. The zero-order valence-electron chi connectivity index (χ0n) is 13.8. The first-order valence-electron chi connectivity index (χ1n) is 7.11. The maximum absolute atomic E-state index is 14.9. The van der Waals surface area contributed by atoms with Crippen molar-refractivity contribution in [2.24, 2.45) is 0 Å². The van der Waals surface area contributed by atoms with Gasteiger partial charge in [0.2, 0.25) is 5.91 Å². The Morgan fingerprint density at radius 3 is 2.35 bits per heavy atom. The van der Waals surface area contributed by atoms with Crippen LogP contribution < -0.4 is 10.2 Å². The predicted molar refractivity (Wildman–Crippen MR) is 95.2 cm³/mol. The summed E-state index contributed by atoms with van der Waals surface area (Å²) >= 11 is 11.8. The second-order valence-corrected chi connectivity index (χ2v) is 6.26. The van der Waals surface area contributed by atoms with Crippen molar-refractivity contribution in [1.82, 2.24) is 4.98 Å². The molecular weight excluding hydrogens is 391 g/mol. The first kappa shape index (κ1) is 19.9. The van der Waals surface area contributed by atoms with Crippen LogP contribution in [-0.2, 0) is 4.79 Å². The Kier molecular flexibility index (Phi) is 5.68. The lowest BCUT2D eigenvalue weighted by Gasteiger charge is -2.18. The average molecular weight is 404 g/mol. The van der Waals surface area contributed by atoms with Gasteiger partial charge in [0.15, 0.2) is 11.5 Å². The normalized spacial score (nSPS) is 10.6. The monoisotopic (exact) mass is 403 g/mol. The molecule has 1 aromatic carbocycles. The number of benzene rings is 1. The fourth-order valence-corrected chi connectivity index (χ4v) is 2.88. The number of hydrogen-bond donors (Lipinski definition) is 2. The molecule has 0 fully saturated rings. The lowest BCUT2D eigenvalue weighted by Crippen LogP contribution is -2.14. The van der Waals surface area contributed by atoms with Gasteiger partial charge in [-0.1, -0.05) is 23.2 Å². The average Bonchev–Trinajstić information content (AvgIpc) is 2.48. The van der Waals surface area contributed by atoms with Crippen LogP contribution in [0.15, 0.2) is 12.1 Å². The van der Waals surface area contributed by atoms with E-state index < -0.39 is 34.8 Å². The number of anilines is 2. The van der Waals surface area contributed by atoms with Crippen LogP contribution >= 0.6 is 23.2 Å². The first-order chi connectivity index (χ1) is 12.0. The van der Waals surface area contributed by atoms with E-state index in [1.54, 1.807) is 0 Å². The van der Waals surface area contributed by atoms with Crippen molar-refractivity contribution < 1.29 is 23.5 Å². The number of rotatable bonds is 4. The molecule has 2 rings (SSSR count). The molecule has 0 bridgehead atoms. The minimum atomic E-state index is -1.52. The second kappa shape index (κ2) is 7.43. The van der Waals surface area contributed by atoms with Gasteiger partial charge < -0.3 is 15.3 Å². The quantitative estimate of drug-likeness (QED) is 0.804. The molecule has 0 saturated heterocycles. The summed E-state index contributed by atoms with van der Waals surface area (Å²) in [6, 6.07) is 1.98. The molecule has 6 nitrogen and oxygen atoms in total. The minimum Gasteiger partial charge on any atom is -0.476 e. The molecule has 0 atom stereocenters. The molecular formula is C16H13Cl2F2N3O3. The van der Waals surface area contributed by atoms with E-state index in [2.05, 4.69) is 10.3 Å². The third-order valence-electron chi connectivity index (χ3n) is 3.32. The van der Waals surface area contributed by atoms with Crippen LogP contribution in [0.2, 0.25) is 10.0 Å². The van der Waals surface area contributed by atoms with Crippen LogP contribution in [-0.4, -0.2) is 36.1 Å². The zero-order valence-corrected chi connectivity index (χ0v) is 15.3. The first-order valence-corrected chi connectivity index (χ1v) is 7.86. The van der Waals surface area contributed by atoms with Gasteiger partial charge in [-0.05, 0) is 12.1 Å². The smallest absolute Gasteiger partial charge is 0.356 e. The Bertz CT molecular complexity index is 920. The number of aromatic carboxylic acids is 1. The standard InChI is InChI=1S/C16H13Cl2F2N3O3/c1-6(24)21-10-5-9(22-14(12(10)18)16(25)26)11-8(19)4-7(17)15(13(11)20)23(2)3/h4-5H,1-3H3,(H,25,26)(H,21,22,24). The fraction of sp³-hybridized carbons (Fsp3) is 0.188. The lowest BCUT2D eigenvalue weighted by atomic mass is 10.1. The highest BCUT2D eigenvalue weighted by atomic mass is 35.5. The van der Waals surface area contributed by atoms with Crippen molar-refractivity contribution in [3.8, 4) is 11.3 Å². The highest BCUT2D eigenvalue weighted by Gasteiger charge is 2.25. The summed E-state index contributed by atoms with van der Waals surface area (Å²) in [6.07, 6.45) is 0. The van der Waals surface area contributed by atoms with Gasteiger partial charge in [-0.15, -0.1) is 0 Å². The Labute approximate surface area is 157 Å². The zero-order chi connectivity index (χ0) is 19.8. The summed E-state index contributed by atoms with van der Waals surface area (Å²) in [6.45, 7) is 1.17. The number of carbonyl (C=O) groups excluding carboxylic acids is 1. The number of hydrogen-bond acceptors (Lipinski definition) is 4. The van der Waals surface area contributed by atoms with Crippen LogP contribution in [0.3, 0.4) is 0 Å². The number of aromatic nitrogens is 1. The maximum Gasteiger partial charge on any atom is 0.356 e. The minimum absolute atomic E-state index is 0.0993. The van der Waals surface area contributed by atoms with Crippen LogP contribution in [0, 0.1) is 11.6 Å². The Morgan fingerprint density at radius 1 is 1.23 bits per heavy atom. The number of pyridine rings is 1. The number of carbonyl (C=O) groups is 2. The molecule has 0 aliphatic heterocycles. The van der Waals surface area contributed by atoms with Crippen molar-refractivity contribution in [2.75, 3.05) is 24.3 Å². The van der Waals surface area contributed by atoms with Gasteiger partial charge in [0.25, 0.3) is 0 Å². The fourth-order valence-electron chi connectivity index (χ4n) is 2.30. The van der Waals surface area contributed by atoms with Crippen LogP contribution in [0.25, 0.3) is 11.3 Å². The Balaban J connectivity index is 2.84. The number of carboxylic acids is 1. The third kappa shape index (κ3) is 3.71. The maximum atomic E-state index is 14.9. The highest BCUT2D eigenvalue weighted by Crippen LogP contribution is 2.38. The molecule has 26 heavy (non-hydrogen) atoms. The van der Waals surface area contributed by atoms with Gasteiger partial charge in [0.05, 0.1) is 32.7 Å². The van der Waals surface area contributed by atoms with Gasteiger partial charge in [-0.2, -0.15) is 0 Å². The van der Waals surface area contributed by atoms with E-state index in [-0.39, 0.29) is 27.1 Å². The number of halogens is 4. The van der Waals surface area contributed by atoms with Crippen molar-refractivity contribution >= 4 is 46.5 Å². The topological polar surface area (TPSA) is 82.5 Å². The Hall–Kier alpha value is -2.45. The lowest BCUT2D eigenvalue weighted by molar-refractivity contribution is -0.114. The largest absolute Gasteiger partial charge is 0.476 e. The van der Waals surface area contributed by atoms with E-state index in [0.717, 1.165) is 12.1 Å². The molecule has 2 aromatic rings. The van der Waals surface area contributed by atoms with E-state index in [1.165, 1.54) is 25.9 Å². The molecule has 0 radical (unpaired) electrons. The predicted octanol–water partition coefficient (Wildman–Crippen LogP) is 4.06. The van der Waals surface area contributed by atoms with Crippen molar-refractivity contribution in [1.29, 1.82) is 0 Å². The summed E-state index contributed by atoms with van der Waals surface area (Å²) in [7, 11) is 3.01.